The molecule has 2 rings (SSSR count). The fraction of sp³-hybridized carbons (Fsp3) is 0.474. The first-order chi connectivity index (χ1) is 13.2. The molecule has 0 saturated carbocycles. The number of aromatic nitrogens is 1. The molecule has 1 fully saturated rings. The third-order valence-corrected chi connectivity index (χ3v) is 4.52. The lowest BCUT2D eigenvalue weighted by Gasteiger charge is -2.20. The van der Waals surface area contributed by atoms with Gasteiger partial charge in [0.15, 0.2) is 0 Å². The van der Waals surface area contributed by atoms with Crippen LogP contribution < -0.4 is 5.32 Å². The van der Waals surface area contributed by atoms with Crippen molar-refractivity contribution >= 4 is 17.9 Å². The number of hydrogen-bond donors (Lipinski definition) is 1. The highest BCUT2D eigenvalue weighted by atomic mass is 19.4. The van der Waals surface area contributed by atoms with Crippen molar-refractivity contribution in [3.05, 3.63) is 42.3 Å². The zero-order chi connectivity index (χ0) is 20.7. The molecule has 2 heterocycles. The normalized spacial score (nSPS) is 20.4. The molecule has 1 aliphatic rings. The molecular weight excluding hydrogens is 375 g/mol. The zero-order valence-electron chi connectivity index (χ0n) is 15.8. The molecule has 28 heavy (non-hydrogen) atoms. The van der Waals surface area contributed by atoms with Gasteiger partial charge >= 0.3 is 6.18 Å². The summed E-state index contributed by atoms with van der Waals surface area (Å²) in [4.78, 5) is 25.1. The summed E-state index contributed by atoms with van der Waals surface area (Å²) in [5, 5.41) is 2.51. The van der Waals surface area contributed by atoms with Gasteiger partial charge in [0.1, 0.15) is 0 Å². The fourth-order valence-electron chi connectivity index (χ4n) is 3.07. The lowest BCUT2D eigenvalue weighted by molar-refractivity contribution is -0.180. The molecule has 0 aliphatic carbocycles. The predicted molar refractivity (Wildman–Crippen MR) is 98.1 cm³/mol. The fourth-order valence-corrected chi connectivity index (χ4v) is 3.07. The summed E-state index contributed by atoms with van der Waals surface area (Å²) >= 11 is 0. The molecule has 0 bridgehead atoms. The highest BCUT2D eigenvalue weighted by Gasteiger charge is 2.50. The SMILES string of the molecule is COC/C=C/C(=O)N1CC(CNC(=O)/C=C/c2ccn(C)c2)C(C(F)(F)F)C1. The van der Waals surface area contributed by atoms with Gasteiger partial charge in [0.05, 0.1) is 12.5 Å². The van der Waals surface area contributed by atoms with E-state index < -0.39 is 36.4 Å². The van der Waals surface area contributed by atoms with Crippen molar-refractivity contribution in [2.45, 2.75) is 6.18 Å². The average molecular weight is 399 g/mol. The van der Waals surface area contributed by atoms with Crippen LogP contribution in [0, 0.1) is 11.8 Å². The van der Waals surface area contributed by atoms with Crippen LogP contribution in [-0.4, -0.2) is 60.8 Å². The first kappa shape index (κ1) is 21.7. The average Bonchev–Trinajstić information content (AvgIpc) is 3.24. The number of alkyl halides is 3. The summed E-state index contributed by atoms with van der Waals surface area (Å²) in [6.45, 7) is -0.438. The lowest BCUT2D eigenvalue weighted by atomic mass is 9.95. The van der Waals surface area contributed by atoms with Crippen LogP contribution in [0.5, 0.6) is 0 Å². The van der Waals surface area contributed by atoms with Gasteiger partial charge in [-0.15, -0.1) is 0 Å². The van der Waals surface area contributed by atoms with E-state index in [0.29, 0.717) is 0 Å². The molecule has 154 valence electrons. The maximum absolute atomic E-state index is 13.3. The molecule has 1 N–H and O–H groups in total. The van der Waals surface area contributed by atoms with E-state index >= 15 is 0 Å². The number of amides is 2. The minimum absolute atomic E-state index is 0.0665. The van der Waals surface area contributed by atoms with Gasteiger partial charge in [-0.3, -0.25) is 9.59 Å². The molecular formula is C19H24F3N3O3. The van der Waals surface area contributed by atoms with Gasteiger partial charge in [0.2, 0.25) is 11.8 Å². The van der Waals surface area contributed by atoms with E-state index in [1.165, 1.54) is 25.3 Å². The van der Waals surface area contributed by atoms with Crippen LogP contribution in [0.2, 0.25) is 0 Å². The zero-order valence-corrected chi connectivity index (χ0v) is 15.8. The van der Waals surface area contributed by atoms with Crippen LogP contribution in [0.4, 0.5) is 13.2 Å². The van der Waals surface area contributed by atoms with E-state index in [1.807, 2.05) is 17.8 Å². The van der Waals surface area contributed by atoms with Crippen molar-refractivity contribution in [2.24, 2.45) is 18.9 Å². The quantitative estimate of drug-likeness (QED) is 0.714. The third kappa shape index (κ3) is 6.26. The molecule has 1 aromatic rings. The predicted octanol–water partition coefficient (Wildman–Crippen LogP) is 1.99. The number of nitrogens with one attached hydrogen (secondary N) is 1. The Kier molecular flexibility index (Phi) is 7.45. The number of carbonyl (C=O) groups excluding carboxylic acids is 2. The van der Waals surface area contributed by atoms with Gasteiger partial charge in [0.25, 0.3) is 0 Å². The van der Waals surface area contributed by atoms with Crippen molar-refractivity contribution in [3.8, 4) is 0 Å². The van der Waals surface area contributed by atoms with E-state index in [9.17, 15) is 22.8 Å². The van der Waals surface area contributed by atoms with E-state index in [0.717, 1.165) is 10.5 Å². The first-order valence-corrected chi connectivity index (χ1v) is 8.79. The second-order valence-electron chi connectivity index (χ2n) is 6.70. The minimum atomic E-state index is -4.44. The molecule has 2 atom stereocenters. The maximum atomic E-state index is 13.3. The van der Waals surface area contributed by atoms with Gasteiger partial charge in [-0.05, 0) is 17.7 Å². The molecule has 1 saturated heterocycles. The Balaban J connectivity index is 1.94. The number of likely N-dealkylation sites (tertiary alicyclic amines) is 1. The van der Waals surface area contributed by atoms with Gasteiger partial charge in [-0.1, -0.05) is 6.08 Å². The molecule has 0 radical (unpaired) electrons. The second kappa shape index (κ2) is 9.59. The third-order valence-electron chi connectivity index (χ3n) is 4.52. The summed E-state index contributed by atoms with van der Waals surface area (Å²) in [6.07, 6.45) is 4.71. The Morgan fingerprint density at radius 2 is 2.07 bits per heavy atom. The Bertz CT molecular complexity index is 740. The Morgan fingerprint density at radius 1 is 1.32 bits per heavy atom. The van der Waals surface area contributed by atoms with Crippen molar-refractivity contribution in [2.75, 3.05) is 33.4 Å². The second-order valence-corrected chi connectivity index (χ2v) is 6.70. The Morgan fingerprint density at radius 3 is 2.68 bits per heavy atom. The standard InChI is InChI=1S/C19H24F3N3O3/c1-24-8-7-14(11-24)5-6-17(26)23-10-15-12-25(13-16(15)19(20,21)22)18(27)4-3-9-28-2/h3-8,11,15-16H,9-10,12-13H2,1-2H3,(H,23,26)/b4-3+,6-5+. The van der Waals surface area contributed by atoms with Crippen LogP contribution in [0.15, 0.2) is 36.7 Å². The van der Waals surface area contributed by atoms with Gasteiger partial charge in [-0.2, -0.15) is 13.2 Å². The minimum Gasteiger partial charge on any atom is -0.381 e. The molecule has 1 aliphatic heterocycles. The summed E-state index contributed by atoms with van der Waals surface area (Å²) < 4.78 is 46.6. The number of hydrogen-bond acceptors (Lipinski definition) is 3. The van der Waals surface area contributed by atoms with E-state index in [-0.39, 0.29) is 19.7 Å². The van der Waals surface area contributed by atoms with Crippen LogP contribution in [-0.2, 0) is 21.4 Å². The summed E-state index contributed by atoms with van der Waals surface area (Å²) in [5.74, 6) is -3.54. The number of halogens is 3. The largest absolute Gasteiger partial charge is 0.393 e. The highest BCUT2D eigenvalue weighted by Crippen LogP contribution is 2.37. The lowest BCUT2D eigenvalue weighted by Crippen LogP contribution is -2.37. The maximum Gasteiger partial charge on any atom is 0.393 e. The van der Waals surface area contributed by atoms with Crippen LogP contribution >= 0.6 is 0 Å². The number of methoxy groups -OCH3 is 1. The molecule has 2 amide bonds. The van der Waals surface area contributed by atoms with Crippen molar-refractivity contribution < 1.29 is 27.5 Å². The molecule has 0 aromatic carbocycles. The van der Waals surface area contributed by atoms with Gasteiger partial charge in [0, 0.05) is 64.3 Å². The summed E-state index contributed by atoms with van der Waals surface area (Å²) in [5.41, 5.74) is 0.811. The monoisotopic (exact) mass is 399 g/mol. The number of carbonyl (C=O) groups is 2. The number of rotatable bonds is 7. The molecule has 6 nitrogen and oxygen atoms in total. The Labute approximate surface area is 161 Å². The van der Waals surface area contributed by atoms with E-state index in [1.54, 1.807) is 18.3 Å². The molecule has 0 spiro atoms. The summed E-state index contributed by atoms with van der Waals surface area (Å²) in [7, 11) is 3.29. The van der Waals surface area contributed by atoms with Gasteiger partial charge < -0.3 is 19.5 Å². The van der Waals surface area contributed by atoms with Crippen molar-refractivity contribution in [1.29, 1.82) is 0 Å². The topological polar surface area (TPSA) is 63.6 Å². The van der Waals surface area contributed by atoms with Crippen LogP contribution in [0.1, 0.15) is 5.56 Å². The van der Waals surface area contributed by atoms with E-state index in [2.05, 4.69) is 5.32 Å². The highest BCUT2D eigenvalue weighted by molar-refractivity contribution is 5.91. The number of nitrogens with zero attached hydrogens (tertiary/aromatic N) is 2. The Hall–Kier alpha value is -2.55. The van der Waals surface area contributed by atoms with Crippen LogP contribution in [0.3, 0.4) is 0 Å². The number of ether oxygens (including phenoxy) is 1. The number of aryl methyl sites for hydroxylation is 1. The molecule has 1 aromatic heterocycles. The van der Waals surface area contributed by atoms with Gasteiger partial charge in [-0.25, -0.2) is 0 Å². The molecule has 9 heteroatoms. The molecule has 2 unspecified atom stereocenters. The van der Waals surface area contributed by atoms with Crippen molar-refractivity contribution in [1.82, 2.24) is 14.8 Å². The smallest absolute Gasteiger partial charge is 0.381 e. The van der Waals surface area contributed by atoms with Crippen molar-refractivity contribution in [3.63, 3.8) is 0 Å². The van der Waals surface area contributed by atoms with Crippen LogP contribution in [0.25, 0.3) is 6.08 Å². The summed E-state index contributed by atoms with van der Waals surface area (Å²) in [6, 6.07) is 1.81. The first-order valence-electron chi connectivity index (χ1n) is 8.79. The van der Waals surface area contributed by atoms with E-state index in [4.69, 9.17) is 4.74 Å².